The molecule has 0 atom stereocenters. The van der Waals surface area contributed by atoms with E-state index in [0.717, 1.165) is 5.56 Å². The van der Waals surface area contributed by atoms with Gasteiger partial charge in [0.2, 0.25) is 0 Å². The quantitative estimate of drug-likeness (QED) is 0.744. The Morgan fingerprint density at radius 2 is 2.27 bits per heavy atom. The summed E-state index contributed by atoms with van der Waals surface area (Å²) in [4.78, 5) is 10.3. The van der Waals surface area contributed by atoms with E-state index in [9.17, 15) is 4.79 Å². The first kappa shape index (κ1) is 9.75. The van der Waals surface area contributed by atoms with E-state index < -0.39 is 5.97 Å². The summed E-state index contributed by atoms with van der Waals surface area (Å²) in [6, 6.07) is 7.93. The summed E-state index contributed by atoms with van der Waals surface area (Å²) in [5.41, 5.74) is 0.867. The molecule has 0 aliphatic rings. The van der Waals surface area contributed by atoms with E-state index in [1.807, 2.05) is 23.6 Å². The van der Waals surface area contributed by atoms with E-state index in [-0.39, 0.29) is 6.42 Å². The average Bonchev–Trinajstić information content (AvgIpc) is 2.64. The fourth-order valence-electron chi connectivity index (χ4n) is 1.25. The zero-order valence-corrected chi connectivity index (χ0v) is 8.67. The molecule has 2 nitrogen and oxygen atoms in total. The first-order valence-electron chi connectivity index (χ1n) is 4.43. The molecule has 0 saturated carbocycles. The van der Waals surface area contributed by atoms with Gasteiger partial charge in [-0.1, -0.05) is 17.9 Å². The highest BCUT2D eigenvalue weighted by Gasteiger charge is 1.95. The van der Waals surface area contributed by atoms with Crippen LogP contribution in [0.4, 0.5) is 0 Å². The number of benzene rings is 1. The van der Waals surface area contributed by atoms with Crippen molar-refractivity contribution < 1.29 is 9.90 Å². The van der Waals surface area contributed by atoms with Gasteiger partial charge in [0.1, 0.15) is 6.42 Å². The normalized spacial score (nSPS) is 9.60. The van der Waals surface area contributed by atoms with Gasteiger partial charge in [0.25, 0.3) is 0 Å². The maximum absolute atomic E-state index is 10.3. The second-order valence-corrected chi connectivity index (χ2v) is 3.99. The molecule has 0 saturated heterocycles. The summed E-state index contributed by atoms with van der Waals surface area (Å²) < 4.78 is 1.18. The van der Waals surface area contributed by atoms with Crippen molar-refractivity contribution in [3.8, 4) is 11.8 Å². The molecule has 1 N–H and O–H groups in total. The molecule has 74 valence electrons. The lowest BCUT2D eigenvalue weighted by atomic mass is 10.2. The summed E-state index contributed by atoms with van der Waals surface area (Å²) in [6.07, 6.45) is -0.109. The molecular weight excluding hydrogens is 208 g/mol. The van der Waals surface area contributed by atoms with Gasteiger partial charge in [-0.05, 0) is 29.0 Å². The van der Waals surface area contributed by atoms with E-state index in [1.54, 1.807) is 11.3 Å². The van der Waals surface area contributed by atoms with Crippen LogP contribution in [0.1, 0.15) is 12.0 Å². The standard InChI is InChI=1S/C12H8O2S/c13-12(14)3-1-2-9-4-5-10-6-7-15-11(10)8-9/h4-8H,3H2,(H,13,14). The van der Waals surface area contributed by atoms with Crippen LogP contribution in [-0.4, -0.2) is 11.1 Å². The van der Waals surface area contributed by atoms with Crippen LogP contribution < -0.4 is 0 Å². The number of thiophene rings is 1. The third-order valence-corrected chi connectivity index (χ3v) is 2.81. The Kier molecular flexibility index (Phi) is 2.70. The van der Waals surface area contributed by atoms with Crippen molar-refractivity contribution in [3.63, 3.8) is 0 Å². The van der Waals surface area contributed by atoms with Crippen molar-refractivity contribution >= 4 is 27.4 Å². The number of hydrogen-bond acceptors (Lipinski definition) is 2. The molecule has 15 heavy (non-hydrogen) atoms. The first-order chi connectivity index (χ1) is 7.25. The third-order valence-electron chi connectivity index (χ3n) is 1.93. The molecule has 0 aliphatic carbocycles. The van der Waals surface area contributed by atoms with Crippen molar-refractivity contribution in [2.75, 3.05) is 0 Å². The molecule has 2 aromatic rings. The van der Waals surface area contributed by atoms with E-state index in [0.29, 0.717) is 0 Å². The van der Waals surface area contributed by atoms with E-state index in [4.69, 9.17) is 5.11 Å². The number of carbonyl (C=O) groups is 1. The van der Waals surface area contributed by atoms with Crippen LogP contribution in [0.3, 0.4) is 0 Å². The third kappa shape index (κ3) is 2.36. The number of rotatable bonds is 1. The Balaban J connectivity index is 2.27. The number of aliphatic carboxylic acids is 1. The minimum absolute atomic E-state index is 0.109. The van der Waals surface area contributed by atoms with Gasteiger partial charge in [-0.3, -0.25) is 4.79 Å². The Hall–Kier alpha value is -1.79. The SMILES string of the molecule is O=C(O)CC#Cc1ccc2ccsc2c1. The summed E-state index contributed by atoms with van der Waals surface area (Å²) >= 11 is 1.66. The summed E-state index contributed by atoms with van der Waals surface area (Å²) in [7, 11) is 0. The van der Waals surface area contributed by atoms with Crippen LogP contribution >= 0.6 is 11.3 Å². The highest BCUT2D eigenvalue weighted by Crippen LogP contribution is 2.21. The van der Waals surface area contributed by atoms with Crippen molar-refractivity contribution in [2.24, 2.45) is 0 Å². The van der Waals surface area contributed by atoms with Crippen molar-refractivity contribution in [1.82, 2.24) is 0 Å². The van der Waals surface area contributed by atoms with Crippen molar-refractivity contribution in [2.45, 2.75) is 6.42 Å². The van der Waals surface area contributed by atoms with E-state index in [2.05, 4.69) is 17.9 Å². The molecule has 3 heteroatoms. The molecule has 0 fully saturated rings. The Bertz CT molecular complexity index is 557. The molecule has 1 aromatic carbocycles. The smallest absolute Gasteiger partial charge is 0.315 e. The second kappa shape index (κ2) is 4.16. The average molecular weight is 216 g/mol. The monoisotopic (exact) mass is 216 g/mol. The summed E-state index contributed by atoms with van der Waals surface area (Å²) in [5, 5.41) is 11.7. The molecule has 0 unspecified atom stereocenters. The molecule has 0 bridgehead atoms. The highest BCUT2D eigenvalue weighted by molar-refractivity contribution is 7.17. The van der Waals surface area contributed by atoms with Gasteiger partial charge in [0, 0.05) is 10.3 Å². The molecule has 0 aliphatic heterocycles. The van der Waals surface area contributed by atoms with Gasteiger partial charge in [0.15, 0.2) is 0 Å². The molecule has 1 aromatic heterocycles. The van der Waals surface area contributed by atoms with Gasteiger partial charge in [0.05, 0.1) is 0 Å². The lowest BCUT2D eigenvalue weighted by Crippen LogP contribution is -1.90. The molecule has 1 heterocycles. The Morgan fingerprint density at radius 3 is 3.07 bits per heavy atom. The Labute approximate surface area is 91.2 Å². The fraction of sp³-hybridized carbons (Fsp3) is 0.0833. The number of hydrogen-bond donors (Lipinski definition) is 1. The number of carboxylic acids is 1. The van der Waals surface area contributed by atoms with Crippen LogP contribution in [0, 0.1) is 11.8 Å². The van der Waals surface area contributed by atoms with Crippen LogP contribution in [0.5, 0.6) is 0 Å². The van der Waals surface area contributed by atoms with Crippen molar-refractivity contribution in [3.05, 3.63) is 35.2 Å². The molecule has 0 radical (unpaired) electrons. The van der Waals surface area contributed by atoms with E-state index >= 15 is 0 Å². The van der Waals surface area contributed by atoms with Gasteiger partial charge in [-0.15, -0.1) is 11.3 Å². The molecular formula is C12H8O2S. The zero-order valence-electron chi connectivity index (χ0n) is 7.86. The van der Waals surface area contributed by atoms with Crippen LogP contribution in [-0.2, 0) is 4.79 Å². The van der Waals surface area contributed by atoms with Gasteiger partial charge < -0.3 is 5.11 Å². The molecule has 0 amide bonds. The fourth-order valence-corrected chi connectivity index (χ4v) is 2.08. The number of fused-ring (bicyclic) bond motifs is 1. The maximum atomic E-state index is 10.3. The van der Waals surface area contributed by atoms with Crippen LogP contribution in [0.25, 0.3) is 10.1 Å². The van der Waals surface area contributed by atoms with Crippen LogP contribution in [0.2, 0.25) is 0 Å². The van der Waals surface area contributed by atoms with Gasteiger partial charge in [-0.2, -0.15) is 0 Å². The topological polar surface area (TPSA) is 37.3 Å². The van der Waals surface area contributed by atoms with Gasteiger partial charge >= 0.3 is 5.97 Å². The predicted octanol–water partition coefficient (Wildman–Crippen LogP) is 2.73. The molecule has 0 spiro atoms. The minimum Gasteiger partial charge on any atom is -0.481 e. The van der Waals surface area contributed by atoms with Gasteiger partial charge in [-0.25, -0.2) is 0 Å². The summed E-state index contributed by atoms with van der Waals surface area (Å²) in [6.45, 7) is 0. The van der Waals surface area contributed by atoms with E-state index in [1.165, 1.54) is 10.1 Å². The Morgan fingerprint density at radius 1 is 1.40 bits per heavy atom. The minimum atomic E-state index is -0.889. The first-order valence-corrected chi connectivity index (χ1v) is 5.31. The largest absolute Gasteiger partial charge is 0.481 e. The number of carboxylic acid groups (broad SMARTS) is 1. The van der Waals surface area contributed by atoms with Crippen molar-refractivity contribution in [1.29, 1.82) is 0 Å². The predicted molar refractivity (Wildman–Crippen MR) is 61.0 cm³/mol. The maximum Gasteiger partial charge on any atom is 0.315 e. The zero-order chi connectivity index (χ0) is 10.7. The second-order valence-electron chi connectivity index (χ2n) is 3.05. The summed E-state index contributed by atoms with van der Waals surface area (Å²) in [5.74, 6) is 4.56. The van der Waals surface area contributed by atoms with Crippen LogP contribution in [0.15, 0.2) is 29.6 Å². The molecule has 2 rings (SSSR count). The lowest BCUT2D eigenvalue weighted by Gasteiger charge is -1.90. The lowest BCUT2D eigenvalue weighted by molar-refractivity contribution is -0.135. The highest BCUT2D eigenvalue weighted by atomic mass is 32.1.